The second kappa shape index (κ2) is 4.85. The fourth-order valence-electron chi connectivity index (χ4n) is 2.41. The van der Waals surface area contributed by atoms with Gasteiger partial charge in [-0.25, -0.2) is 4.98 Å². The zero-order chi connectivity index (χ0) is 13.2. The highest BCUT2D eigenvalue weighted by atomic mass is 15.1. The third-order valence-electron chi connectivity index (χ3n) is 3.39. The Bertz CT molecular complexity index is 632. The highest BCUT2D eigenvalue weighted by Gasteiger charge is 2.17. The lowest BCUT2D eigenvalue weighted by Crippen LogP contribution is -2.23. The third kappa shape index (κ3) is 2.13. The number of rotatable bonds is 3. The van der Waals surface area contributed by atoms with Crippen LogP contribution in [0.2, 0.25) is 0 Å². The average molecular weight is 255 g/mol. The summed E-state index contributed by atoms with van der Waals surface area (Å²) < 4.78 is 1.96. The lowest BCUT2D eigenvalue weighted by Gasteiger charge is -2.13. The number of hydrogen-bond acceptors (Lipinski definition) is 3. The molecule has 1 aliphatic rings. The molecule has 19 heavy (non-hydrogen) atoms. The molecule has 5 nitrogen and oxygen atoms in total. The van der Waals surface area contributed by atoms with E-state index in [1.807, 2.05) is 17.0 Å². The van der Waals surface area contributed by atoms with Crippen molar-refractivity contribution >= 4 is 17.8 Å². The minimum absolute atomic E-state index is 0.835. The van der Waals surface area contributed by atoms with E-state index in [4.69, 9.17) is 0 Å². The van der Waals surface area contributed by atoms with Crippen LogP contribution in [-0.4, -0.2) is 26.3 Å². The summed E-state index contributed by atoms with van der Waals surface area (Å²) in [6.45, 7) is 7.72. The largest absolute Gasteiger partial charge is 0.312 e. The summed E-state index contributed by atoms with van der Waals surface area (Å²) in [4.78, 5) is 4.22. The summed E-state index contributed by atoms with van der Waals surface area (Å²) in [5.74, 6) is 0.835. The van der Waals surface area contributed by atoms with Crippen molar-refractivity contribution < 1.29 is 0 Å². The Labute approximate surface area is 112 Å². The first kappa shape index (κ1) is 11.9. The predicted octanol–water partition coefficient (Wildman–Crippen LogP) is 1.91. The summed E-state index contributed by atoms with van der Waals surface area (Å²) in [7, 11) is 0. The first-order valence-corrected chi connectivity index (χ1v) is 6.40. The first-order valence-electron chi connectivity index (χ1n) is 6.40. The maximum absolute atomic E-state index is 4.44. The molecule has 0 atom stereocenters. The normalized spacial score (nSPS) is 15.3. The molecule has 0 aromatic carbocycles. The summed E-state index contributed by atoms with van der Waals surface area (Å²) in [5, 5.41) is 11.0. The number of aromatic amines is 1. The van der Waals surface area contributed by atoms with Gasteiger partial charge in [0.15, 0.2) is 0 Å². The molecule has 0 spiro atoms. The molecule has 3 rings (SSSR count). The van der Waals surface area contributed by atoms with Crippen molar-refractivity contribution in [3.63, 3.8) is 0 Å². The van der Waals surface area contributed by atoms with Crippen LogP contribution in [0.25, 0.3) is 17.8 Å². The minimum Gasteiger partial charge on any atom is -0.312 e. The highest BCUT2D eigenvalue weighted by molar-refractivity contribution is 5.74. The second-order valence-corrected chi connectivity index (χ2v) is 4.67. The SMILES string of the molecule is C=Cc1nccn1/C=C(\C)c1n[nH]c2c1CNCC2. The van der Waals surface area contributed by atoms with Gasteiger partial charge in [-0.2, -0.15) is 5.10 Å². The van der Waals surface area contributed by atoms with E-state index >= 15 is 0 Å². The van der Waals surface area contributed by atoms with Gasteiger partial charge in [0.2, 0.25) is 0 Å². The van der Waals surface area contributed by atoms with Crippen LogP contribution in [-0.2, 0) is 13.0 Å². The molecule has 0 saturated heterocycles. The molecule has 0 saturated carbocycles. The smallest absolute Gasteiger partial charge is 0.136 e. The quantitative estimate of drug-likeness (QED) is 0.881. The fourth-order valence-corrected chi connectivity index (χ4v) is 2.41. The number of imidazole rings is 1. The molecule has 5 heteroatoms. The molecular formula is C14H17N5. The zero-order valence-corrected chi connectivity index (χ0v) is 11.0. The van der Waals surface area contributed by atoms with Gasteiger partial charge in [0, 0.05) is 49.4 Å². The zero-order valence-electron chi connectivity index (χ0n) is 11.0. The molecule has 2 N–H and O–H groups in total. The van der Waals surface area contributed by atoms with Gasteiger partial charge < -0.3 is 9.88 Å². The first-order chi connectivity index (χ1) is 9.29. The molecule has 2 aromatic heterocycles. The van der Waals surface area contributed by atoms with Crippen molar-refractivity contribution in [3.05, 3.63) is 41.7 Å². The van der Waals surface area contributed by atoms with Crippen molar-refractivity contribution in [2.75, 3.05) is 6.54 Å². The molecule has 2 aromatic rings. The van der Waals surface area contributed by atoms with Gasteiger partial charge in [-0.3, -0.25) is 5.10 Å². The molecule has 0 radical (unpaired) electrons. The van der Waals surface area contributed by atoms with E-state index in [1.165, 1.54) is 11.3 Å². The maximum atomic E-state index is 4.44. The van der Waals surface area contributed by atoms with Gasteiger partial charge in [-0.1, -0.05) is 6.58 Å². The van der Waals surface area contributed by atoms with E-state index in [2.05, 4.69) is 34.0 Å². The lowest BCUT2D eigenvalue weighted by molar-refractivity contribution is 0.636. The van der Waals surface area contributed by atoms with Crippen LogP contribution in [0, 0.1) is 0 Å². The summed E-state index contributed by atoms with van der Waals surface area (Å²) in [5.41, 5.74) is 4.67. The molecule has 98 valence electrons. The van der Waals surface area contributed by atoms with Crippen LogP contribution in [0.5, 0.6) is 0 Å². The maximum Gasteiger partial charge on any atom is 0.136 e. The van der Waals surface area contributed by atoms with Gasteiger partial charge in [0.25, 0.3) is 0 Å². The third-order valence-corrected chi connectivity index (χ3v) is 3.39. The molecule has 0 unspecified atom stereocenters. The topological polar surface area (TPSA) is 58.5 Å². The standard InChI is InChI=1S/C14H17N5/c1-3-13-16-6-7-19(13)9-10(2)14-11-8-15-5-4-12(11)17-18-14/h3,6-7,9,15H,1,4-5,8H2,2H3,(H,17,18)/b10-9+. The fraction of sp³-hybridized carbons (Fsp3) is 0.286. The van der Waals surface area contributed by atoms with Gasteiger partial charge in [-0.15, -0.1) is 0 Å². The Morgan fingerprint density at radius 1 is 1.53 bits per heavy atom. The molecule has 0 amide bonds. The Hall–Kier alpha value is -2.14. The van der Waals surface area contributed by atoms with E-state index in [0.29, 0.717) is 0 Å². The number of aromatic nitrogens is 4. The Balaban J connectivity index is 1.98. The number of nitrogens with one attached hydrogen (secondary N) is 2. The second-order valence-electron chi connectivity index (χ2n) is 4.67. The molecule has 0 aliphatic carbocycles. The Morgan fingerprint density at radius 2 is 2.42 bits per heavy atom. The van der Waals surface area contributed by atoms with E-state index in [-0.39, 0.29) is 0 Å². The molecule has 0 fully saturated rings. The van der Waals surface area contributed by atoms with E-state index in [1.54, 1.807) is 12.3 Å². The monoisotopic (exact) mass is 255 g/mol. The van der Waals surface area contributed by atoms with Crippen molar-refractivity contribution in [1.82, 2.24) is 25.1 Å². The van der Waals surface area contributed by atoms with Crippen molar-refractivity contribution in [2.45, 2.75) is 19.9 Å². The van der Waals surface area contributed by atoms with E-state index < -0.39 is 0 Å². The number of allylic oxidation sites excluding steroid dienone is 1. The molecule has 3 heterocycles. The molecule has 1 aliphatic heterocycles. The Morgan fingerprint density at radius 3 is 3.26 bits per heavy atom. The van der Waals surface area contributed by atoms with Crippen molar-refractivity contribution in [3.8, 4) is 0 Å². The average Bonchev–Trinajstić information content (AvgIpc) is 3.04. The van der Waals surface area contributed by atoms with Crippen LogP contribution in [0.4, 0.5) is 0 Å². The summed E-state index contributed by atoms with van der Waals surface area (Å²) >= 11 is 0. The van der Waals surface area contributed by atoms with Crippen LogP contribution in [0.15, 0.2) is 19.0 Å². The van der Waals surface area contributed by atoms with E-state index in [9.17, 15) is 0 Å². The van der Waals surface area contributed by atoms with Crippen molar-refractivity contribution in [2.24, 2.45) is 0 Å². The van der Waals surface area contributed by atoms with Crippen LogP contribution < -0.4 is 5.32 Å². The Kier molecular flexibility index (Phi) is 3.05. The van der Waals surface area contributed by atoms with Gasteiger partial charge in [-0.05, 0) is 18.6 Å². The summed E-state index contributed by atoms with van der Waals surface area (Å²) in [6.07, 6.45) is 8.47. The number of hydrogen-bond donors (Lipinski definition) is 2. The van der Waals surface area contributed by atoms with Crippen LogP contribution >= 0.6 is 0 Å². The number of H-pyrrole nitrogens is 1. The van der Waals surface area contributed by atoms with Crippen LogP contribution in [0.3, 0.4) is 0 Å². The highest BCUT2D eigenvalue weighted by Crippen LogP contribution is 2.22. The van der Waals surface area contributed by atoms with E-state index in [0.717, 1.165) is 36.6 Å². The predicted molar refractivity (Wildman–Crippen MR) is 76.2 cm³/mol. The lowest BCUT2D eigenvalue weighted by atomic mass is 10.0. The van der Waals surface area contributed by atoms with Gasteiger partial charge in [0.1, 0.15) is 5.82 Å². The minimum atomic E-state index is 0.835. The number of nitrogens with zero attached hydrogens (tertiary/aromatic N) is 3. The van der Waals surface area contributed by atoms with Crippen LogP contribution in [0.1, 0.15) is 29.7 Å². The number of fused-ring (bicyclic) bond motifs is 1. The van der Waals surface area contributed by atoms with Gasteiger partial charge >= 0.3 is 0 Å². The summed E-state index contributed by atoms with van der Waals surface area (Å²) in [6, 6.07) is 0. The van der Waals surface area contributed by atoms with Crippen molar-refractivity contribution in [1.29, 1.82) is 0 Å². The molecule has 0 bridgehead atoms. The van der Waals surface area contributed by atoms with Gasteiger partial charge in [0.05, 0.1) is 5.69 Å². The molecular weight excluding hydrogens is 238 g/mol.